The Morgan fingerprint density at radius 2 is 2.24 bits per heavy atom. The highest BCUT2D eigenvalue weighted by Gasteiger charge is 2.17. The Hall–Kier alpha value is -0.630. The lowest BCUT2D eigenvalue weighted by Crippen LogP contribution is -2.26. The topological polar surface area (TPSA) is 83.5 Å². The third-order valence-corrected chi connectivity index (χ3v) is 5.29. The summed E-state index contributed by atoms with van der Waals surface area (Å²) < 4.78 is 26.2. The molecule has 0 fully saturated rings. The summed E-state index contributed by atoms with van der Waals surface area (Å²) in [5.74, 6) is -1.52. The van der Waals surface area contributed by atoms with Crippen molar-refractivity contribution in [1.29, 1.82) is 0 Å². The van der Waals surface area contributed by atoms with Crippen molar-refractivity contribution in [1.82, 2.24) is 4.72 Å². The SMILES string of the molecule is CC(CCNS(=O)(=O)c1ccc(Cl)s1)C(=O)O. The number of carboxylic acids is 1. The van der Waals surface area contributed by atoms with E-state index < -0.39 is 21.9 Å². The molecule has 0 aliphatic rings. The van der Waals surface area contributed by atoms with Crippen molar-refractivity contribution in [2.24, 2.45) is 5.92 Å². The van der Waals surface area contributed by atoms with E-state index in [2.05, 4.69) is 4.72 Å². The van der Waals surface area contributed by atoms with E-state index in [1.54, 1.807) is 0 Å². The maximum atomic E-state index is 11.7. The zero-order valence-electron chi connectivity index (χ0n) is 9.01. The Kier molecular flexibility index (Phi) is 4.93. The number of hydrogen-bond donors (Lipinski definition) is 2. The largest absolute Gasteiger partial charge is 0.481 e. The summed E-state index contributed by atoms with van der Waals surface area (Å²) in [6.45, 7) is 1.62. The Morgan fingerprint density at radius 1 is 1.59 bits per heavy atom. The molecule has 2 N–H and O–H groups in total. The summed E-state index contributed by atoms with van der Waals surface area (Å²) in [4.78, 5) is 10.5. The van der Waals surface area contributed by atoms with Crippen LogP contribution >= 0.6 is 22.9 Å². The molecule has 0 saturated carbocycles. The number of halogens is 1. The number of thiophene rings is 1. The van der Waals surface area contributed by atoms with E-state index in [4.69, 9.17) is 16.7 Å². The summed E-state index contributed by atoms with van der Waals surface area (Å²) in [5.41, 5.74) is 0. The van der Waals surface area contributed by atoms with E-state index >= 15 is 0 Å². The molecule has 1 rings (SSSR count). The van der Waals surface area contributed by atoms with Gasteiger partial charge in [0, 0.05) is 6.54 Å². The van der Waals surface area contributed by atoms with Crippen LogP contribution in [0.15, 0.2) is 16.3 Å². The molecule has 0 bridgehead atoms. The smallest absolute Gasteiger partial charge is 0.306 e. The third kappa shape index (κ3) is 4.27. The number of nitrogens with one attached hydrogen (secondary N) is 1. The molecule has 1 aromatic rings. The molecule has 0 aromatic carbocycles. The summed E-state index contributed by atoms with van der Waals surface area (Å²) in [6.07, 6.45) is 0.244. The molecule has 8 heteroatoms. The van der Waals surface area contributed by atoms with Crippen molar-refractivity contribution in [2.45, 2.75) is 17.6 Å². The Balaban J connectivity index is 2.54. The molecule has 1 unspecified atom stereocenters. The normalized spacial score (nSPS) is 13.5. The molecule has 0 amide bonds. The van der Waals surface area contributed by atoms with Crippen LogP contribution in [0.5, 0.6) is 0 Å². The maximum Gasteiger partial charge on any atom is 0.306 e. The van der Waals surface area contributed by atoms with Gasteiger partial charge in [-0.1, -0.05) is 18.5 Å². The predicted molar refractivity (Wildman–Crippen MR) is 65.9 cm³/mol. The van der Waals surface area contributed by atoms with Gasteiger partial charge in [-0.2, -0.15) is 0 Å². The molecule has 96 valence electrons. The van der Waals surface area contributed by atoms with Crippen LogP contribution in [-0.2, 0) is 14.8 Å². The summed E-state index contributed by atoms with van der Waals surface area (Å²) in [6, 6.07) is 2.91. The second-order valence-corrected chi connectivity index (χ2v) is 7.19. The van der Waals surface area contributed by atoms with E-state index in [0.717, 1.165) is 11.3 Å². The van der Waals surface area contributed by atoms with Gasteiger partial charge >= 0.3 is 5.97 Å². The third-order valence-electron chi connectivity index (χ3n) is 2.10. The lowest BCUT2D eigenvalue weighted by atomic mass is 10.1. The standard InChI is InChI=1S/C9H12ClNO4S2/c1-6(9(12)13)4-5-11-17(14,15)8-3-2-7(10)16-8/h2-3,6,11H,4-5H2,1H3,(H,12,13). The number of sulfonamides is 1. The van der Waals surface area contributed by atoms with Gasteiger partial charge in [0.1, 0.15) is 4.21 Å². The molecule has 0 aliphatic carbocycles. The maximum absolute atomic E-state index is 11.7. The van der Waals surface area contributed by atoms with Crippen molar-refractivity contribution in [3.05, 3.63) is 16.5 Å². The second-order valence-electron chi connectivity index (χ2n) is 3.48. The molecular formula is C9H12ClNO4S2. The number of carbonyl (C=O) groups is 1. The van der Waals surface area contributed by atoms with Crippen molar-refractivity contribution in [3.63, 3.8) is 0 Å². The summed E-state index contributed by atoms with van der Waals surface area (Å²) in [7, 11) is -3.57. The van der Waals surface area contributed by atoms with E-state index in [1.165, 1.54) is 19.1 Å². The summed E-state index contributed by atoms with van der Waals surface area (Å²) in [5, 5.41) is 8.64. The molecular weight excluding hydrogens is 286 g/mol. The fraction of sp³-hybridized carbons (Fsp3) is 0.444. The van der Waals surface area contributed by atoms with Crippen LogP contribution in [-0.4, -0.2) is 26.0 Å². The van der Waals surface area contributed by atoms with Crippen LogP contribution in [0.25, 0.3) is 0 Å². The number of rotatable bonds is 6. The number of hydrogen-bond acceptors (Lipinski definition) is 4. The van der Waals surface area contributed by atoms with E-state index in [9.17, 15) is 13.2 Å². The highest BCUT2D eigenvalue weighted by molar-refractivity contribution is 7.91. The monoisotopic (exact) mass is 297 g/mol. The lowest BCUT2D eigenvalue weighted by Gasteiger charge is -2.07. The molecule has 5 nitrogen and oxygen atoms in total. The van der Waals surface area contributed by atoms with Crippen molar-refractivity contribution in [2.75, 3.05) is 6.54 Å². The average molecular weight is 298 g/mol. The molecule has 0 radical (unpaired) electrons. The molecule has 17 heavy (non-hydrogen) atoms. The first-order chi connectivity index (χ1) is 7.83. The van der Waals surface area contributed by atoms with Gasteiger partial charge in [0.2, 0.25) is 10.0 Å². The van der Waals surface area contributed by atoms with Crippen LogP contribution < -0.4 is 4.72 Å². The highest BCUT2D eigenvalue weighted by atomic mass is 35.5. The van der Waals surface area contributed by atoms with Crippen LogP contribution in [0.1, 0.15) is 13.3 Å². The zero-order chi connectivity index (χ0) is 13.1. The van der Waals surface area contributed by atoms with Gasteiger partial charge in [-0.25, -0.2) is 13.1 Å². The molecule has 0 spiro atoms. The van der Waals surface area contributed by atoms with Gasteiger partial charge in [-0.15, -0.1) is 11.3 Å². The minimum atomic E-state index is -3.57. The van der Waals surface area contributed by atoms with Crippen molar-refractivity contribution in [3.8, 4) is 0 Å². The van der Waals surface area contributed by atoms with Gasteiger partial charge in [0.25, 0.3) is 0 Å². The van der Waals surface area contributed by atoms with Crippen molar-refractivity contribution < 1.29 is 18.3 Å². The van der Waals surface area contributed by atoms with Gasteiger partial charge in [0.05, 0.1) is 10.3 Å². The lowest BCUT2D eigenvalue weighted by molar-refractivity contribution is -0.141. The minimum absolute atomic E-state index is 0.0886. The van der Waals surface area contributed by atoms with Crippen LogP contribution in [0.3, 0.4) is 0 Å². The first-order valence-corrected chi connectivity index (χ1v) is 7.48. The van der Waals surface area contributed by atoms with E-state index in [0.29, 0.717) is 4.34 Å². The second kappa shape index (κ2) is 5.81. The van der Waals surface area contributed by atoms with Gasteiger partial charge in [-0.3, -0.25) is 4.79 Å². The zero-order valence-corrected chi connectivity index (χ0v) is 11.4. The number of carboxylic acid groups (broad SMARTS) is 1. The fourth-order valence-electron chi connectivity index (χ4n) is 1.05. The fourth-order valence-corrected chi connectivity index (χ4v) is 3.62. The van der Waals surface area contributed by atoms with E-state index in [1.807, 2.05) is 0 Å². The molecule has 1 atom stereocenters. The molecule has 0 aliphatic heterocycles. The Labute approximate surface area is 108 Å². The van der Waals surface area contributed by atoms with E-state index in [-0.39, 0.29) is 17.2 Å². The number of aliphatic carboxylic acids is 1. The highest BCUT2D eigenvalue weighted by Crippen LogP contribution is 2.25. The van der Waals surface area contributed by atoms with Gasteiger partial charge < -0.3 is 5.11 Å². The first-order valence-electron chi connectivity index (χ1n) is 4.81. The molecule has 1 heterocycles. The van der Waals surface area contributed by atoms with Crippen LogP contribution in [0.4, 0.5) is 0 Å². The molecule has 0 saturated heterocycles. The predicted octanol–water partition coefficient (Wildman–Crippen LogP) is 1.79. The van der Waals surface area contributed by atoms with Crippen LogP contribution in [0.2, 0.25) is 4.34 Å². The average Bonchev–Trinajstić information content (AvgIpc) is 2.65. The first kappa shape index (κ1) is 14.4. The van der Waals surface area contributed by atoms with Crippen molar-refractivity contribution >= 4 is 38.9 Å². The quantitative estimate of drug-likeness (QED) is 0.838. The molecule has 1 aromatic heterocycles. The van der Waals surface area contributed by atoms with Crippen LogP contribution in [0, 0.1) is 5.92 Å². The summed E-state index contributed by atoms with van der Waals surface area (Å²) >= 11 is 6.60. The minimum Gasteiger partial charge on any atom is -0.481 e. The Bertz CT molecular complexity index is 497. The van der Waals surface area contributed by atoms with Gasteiger partial charge in [-0.05, 0) is 18.6 Å². The Morgan fingerprint density at radius 3 is 2.71 bits per heavy atom. The van der Waals surface area contributed by atoms with Gasteiger partial charge in [0.15, 0.2) is 0 Å².